The molecule has 1 atom stereocenters. The first-order chi connectivity index (χ1) is 16.0. The van der Waals surface area contributed by atoms with Gasteiger partial charge in [0.05, 0.1) is 5.69 Å². The van der Waals surface area contributed by atoms with Crippen molar-refractivity contribution in [2.45, 2.75) is 32.6 Å². The highest BCUT2D eigenvalue weighted by atomic mass is 19.1. The largest absolute Gasteiger partial charge is 0.370 e. The van der Waals surface area contributed by atoms with Crippen LogP contribution in [0.1, 0.15) is 31.0 Å². The zero-order valence-electron chi connectivity index (χ0n) is 18.8. The van der Waals surface area contributed by atoms with E-state index in [4.69, 9.17) is 0 Å². The molecule has 1 unspecified atom stereocenters. The first-order valence-electron chi connectivity index (χ1n) is 11.5. The molecule has 2 N–H and O–H groups in total. The number of aromatic nitrogens is 2. The van der Waals surface area contributed by atoms with Gasteiger partial charge in [-0.3, -0.25) is 9.59 Å². The minimum atomic E-state index is -0.337. The van der Waals surface area contributed by atoms with Crippen LogP contribution in [0.4, 0.5) is 10.1 Å². The number of fused-ring (bicyclic) bond motifs is 1. The van der Waals surface area contributed by atoms with E-state index in [2.05, 4.69) is 39.2 Å². The van der Waals surface area contributed by atoms with Gasteiger partial charge in [-0.2, -0.15) is 0 Å². The number of carbonyl (C=O) groups is 1. The van der Waals surface area contributed by atoms with Gasteiger partial charge in [-0.05, 0) is 69.0 Å². The Morgan fingerprint density at radius 1 is 1.12 bits per heavy atom. The van der Waals surface area contributed by atoms with Gasteiger partial charge in [-0.25, -0.2) is 9.37 Å². The van der Waals surface area contributed by atoms with E-state index in [0.29, 0.717) is 49.2 Å². The molecule has 0 radical (unpaired) electrons. The normalized spacial score (nSPS) is 15.4. The average Bonchev–Trinajstić information content (AvgIpc) is 3.06. The molecule has 1 aromatic heterocycles. The molecule has 0 saturated carbocycles. The van der Waals surface area contributed by atoms with E-state index in [1.165, 1.54) is 12.1 Å². The fourth-order valence-corrected chi connectivity index (χ4v) is 4.36. The van der Waals surface area contributed by atoms with E-state index in [9.17, 15) is 14.0 Å². The van der Waals surface area contributed by atoms with Gasteiger partial charge in [0, 0.05) is 42.4 Å². The van der Waals surface area contributed by atoms with Crippen LogP contribution in [0, 0.1) is 11.7 Å². The summed E-state index contributed by atoms with van der Waals surface area (Å²) in [6.45, 7) is 4.27. The number of rotatable bonds is 7. The molecule has 3 aromatic rings. The molecule has 1 heterocycles. The van der Waals surface area contributed by atoms with E-state index in [0.717, 1.165) is 24.5 Å². The highest BCUT2D eigenvalue weighted by molar-refractivity contribution is 5.78. The highest BCUT2D eigenvalue weighted by Gasteiger charge is 2.25. The van der Waals surface area contributed by atoms with Crippen molar-refractivity contribution in [3.8, 4) is 11.4 Å². The highest BCUT2D eigenvalue weighted by Crippen LogP contribution is 2.24. The molecule has 7 heteroatoms. The summed E-state index contributed by atoms with van der Waals surface area (Å²) in [5.41, 5.74) is 3.00. The molecule has 33 heavy (non-hydrogen) atoms. The average molecular weight is 449 g/mol. The molecule has 1 aliphatic carbocycles. The van der Waals surface area contributed by atoms with Crippen molar-refractivity contribution in [3.63, 3.8) is 0 Å². The van der Waals surface area contributed by atoms with Crippen LogP contribution >= 0.6 is 0 Å². The second-order valence-electron chi connectivity index (χ2n) is 8.33. The first-order valence-corrected chi connectivity index (χ1v) is 11.5. The molecule has 1 amide bonds. The number of nitrogens with zero attached hydrogens (tertiary/aromatic N) is 2. The summed E-state index contributed by atoms with van der Waals surface area (Å²) in [4.78, 5) is 35.2. The molecule has 1 aliphatic rings. The predicted molar refractivity (Wildman–Crippen MR) is 128 cm³/mol. The Labute approximate surface area is 192 Å². The Morgan fingerprint density at radius 2 is 1.85 bits per heavy atom. The molecular formula is C26H29FN4O2. The minimum Gasteiger partial charge on any atom is -0.370 e. The van der Waals surface area contributed by atoms with Crippen LogP contribution in [-0.4, -0.2) is 35.5 Å². The van der Waals surface area contributed by atoms with Crippen molar-refractivity contribution < 1.29 is 9.18 Å². The van der Waals surface area contributed by atoms with Crippen LogP contribution in [0.5, 0.6) is 0 Å². The second-order valence-corrected chi connectivity index (χ2v) is 8.33. The molecular weight excluding hydrogens is 419 g/mol. The summed E-state index contributed by atoms with van der Waals surface area (Å²) in [6, 6.07) is 16.0. The monoisotopic (exact) mass is 448 g/mol. The van der Waals surface area contributed by atoms with E-state index >= 15 is 0 Å². The van der Waals surface area contributed by atoms with Crippen molar-refractivity contribution in [1.82, 2.24) is 15.3 Å². The standard InChI is InChI=1S/C26H29FN4O2/c1-2-31(21-6-4-3-5-7-21)17-16-28-25(32)19-10-14-22-23(15-11-19)29-24(30-26(22)33)18-8-12-20(27)13-9-18/h3-9,12-13,19H,2,10-11,14-17H2,1H3,(H,28,32)(H,29,30,33). The number of benzene rings is 2. The number of para-hydroxylation sites is 1. The number of likely N-dealkylation sites (N-methyl/N-ethyl adjacent to an activating group) is 1. The molecule has 0 fully saturated rings. The van der Waals surface area contributed by atoms with E-state index < -0.39 is 0 Å². The van der Waals surface area contributed by atoms with Gasteiger partial charge < -0.3 is 15.2 Å². The van der Waals surface area contributed by atoms with Gasteiger partial charge in [0.1, 0.15) is 11.6 Å². The smallest absolute Gasteiger partial charge is 0.254 e. The van der Waals surface area contributed by atoms with Gasteiger partial charge >= 0.3 is 0 Å². The summed E-state index contributed by atoms with van der Waals surface area (Å²) >= 11 is 0. The first kappa shape index (κ1) is 22.7. The number of hydrogen-bond acceptors (Lipinski definition) is 4. The summed E-state index contributed by atoms with van der Waals surface area (Å²) < 4.78 is 13.2. The SMILES string of the molecule is CCN(CCNC(=O)C1CCc2nc(-c3ccc(F)cc3)[nH]c(=O)c2CC1)c1ccccc1. The van der Waals surface area contributed by atoms with E-state index in [1.807, 2.05) is 18.2 Å². The van der Waals surface area contributed by atoms with Crippen LogP contribution in [0.2, 0.25) is 0 Å². The lowest BCUT2D eigenvalue weighted by Crippen LogP contribution is -2.38. The number of hydrogen-bond donors (Lipinski definition) is 2. The van der Waals surface area contributed by atoms with Crippen molar-refractivity contribution >= 4 is 11.6 Å². The van der Waals surface area contributed by atoms with Crippen LogP contribution in [-0.2, 0) is 17.6 Å². The Bertz CT molecular complexity index is 1150. The molecule has 0 spiro atoms. The lowest BCUT2D eigenvalue weighted by molar-refractivity contribution is -0.125. The van der Waals surface area contributed by atoms with Crippen LogP contribution in [0.3, 0.4) is 0 Å². The van der Waals surface area contributed by atoms with Crippen LogP contribution < -0.4 is 15.8 Å². The summed E-state index contributed by atoms with van der Waals surface area (Å²) in [6.07, 6.45) is 2.35. The molecule has 6 nitrogen and oxygen atoms in total. The number of nitrogens with one attached hydrogen (secondary N) is 2. The van der Waals surface area contributed by atoms with Gasteiger partial charge in [0.25, 0.3) is 5.56 Å². The zero-order chi connectivity index (χ0) is 23.2. The van der Waals surface area contributed by atoms with Gasteiger partial charge in [0.2, 0.25) is 5.91 Å². The maximum atomic E-state index is 13.2. The number of halogens is 1. The van der Waals surface area contributed by atoms with Crippen LogP contribution in [0.25, 0.3) is 11.4 Å². The summed E-state index contributed by atoms with van der Waals surface area (Å²) in [7, 11) is 0. The van der Waals surface area contributed by atoms with Gasteiger partial charge in [0.15, 0.2) is 0 Å². The second kappa shape index (κ2) is 10.4. The Kier molecular flexibility index (Phi) is 7.17. The lowest BCUT2D eigenvalue weighted by Gasteiger charge is -2.24. The molecule has 4 rings (SSSR count). The third-order valence-corrected chi connectivity index (χ3v) is 6.25. The van der Waals surface area contributed by atoms with Gasteiger partial charge in [-0.1, -0.05) is 18.2 Å². The van der Waals surface area contributed by atoms with Gasteiger partial charge in [-0.15, -0.1) is 0 Å². The summed E-state index contributed by atoms with van der Waals surface area (Å²) in [5, 5.41) is 3.08. The van der Waals surface area contributed by atoms with Crippen LogP contribution in [0.15, 0.2) is 59.4 Å². The maximum Gasteiger partial charge on any atom is 0.254 e. The minimum absolute atomic E-state index is 0.0297. The predicted octanol–water partition coefficient (Wildman–Crippen LogP) is 3.71. The Morgan fingerprint density at radius 3 is 2.58 bits per heavy atom. The fraction of sp³-hybridized carbons (Fsp3) is 0.346. The third kappa shape index (κ3) is 5.48. The number of carbonyl (C=O) groups excluding carboxylic acids is 1. The number of H-pyrrole nitrogens is 1. The molecule has 0 bridgehead atoms. The van der Waals surface area contributed by atoms with Crippen molar-refractivity contribution in [2.75, 3.05) is 24.5 Å². The lowest BCUT2D eigenvalue weighted by atomic mass is 9.99. The number of aryl methyl sites for hydroxylation is 1. The molecule has 0 aliphatic heterocycles. The number of aromatic amines is 1. The Balaban J connectivity index is 1.37. The van der Waals surface area contributed by atoms with Crippen molar-refractivity contribution in [3.05, 3.63) is 82.0 Å². The molecule has 0 saturated heterocycles. The fourth-order valence-electron chi connectivity index (χ4n) is 4.36. The van der Waals surface area contributed by atoms with Crippen molar-refractivity contribution in [2.24, 2.45) is 5.92 Å². The molecule has 172 valence electrons. The number of amides is 1. The molecule has 2 aromatic carbocycles. The topological polar surface area (TPSA) is 78.1 Å². The maximum absolute atomic E-state index is 13.2. The zero-order valence-corrected chi connectivity index (χ0v) is 18.8. The van der Waals surface area contributed by atoms with E-state index in [1.54, 1.807) is 12.1 Å². The third-order valence-electron chi connectivity index (χ3n) is 6.25. The van der Waals surface area contributed by atoms with Crippen molar-refractivity contribution in [1.29, 1.82) is 0 Å². The van der Waals surface area contributed by atoms with E-state index in [-0.39, 0.29) is 23.2 Å². The summed E-state index contributed by atoms with van der Waals surface area (Å²) in [5.74, 6) is -0.0282. The quantitative estimate of drug-likeness (QED) is 0.540. The number of anilines is 1. The Hall–Kier alpha value is -3.48.